The highest BCUT2D eigenvalue weighted by Gasteiger charge is 2.28. The first-order valence-corrected chi connectivity index (χ1v) is 7.24. The minimum absolute atomic E-state index is 0.341. The fourth-order valence-corrected chi connectivity index (χ4v) is 2.30. The van der Waals surface area contributed by atoms with E-state index in [9.17, 15) is 0 Å². The Labute approximate surface area is 133 Å². The molecule has 1 aromatic carbocycles. The van der Waals surface area contributed by atoms with Crippen molar-refractivity contribution in [2.45, 2.75) is 26.2 Å². The molecule has 2 heterocycles. The SMILES string of the molecule is COCC(C)(C)c1noc(-c2ccccc2-c2nc(C)no2)n1. The van der Waals surface area contributed by atoms with E-state index in [1.807, 2.05) is 38.1 Å². The highest BCUT2D eigenvalue weighted by atomic mass is 16.5. The fraction of sp³-hybridized carbons (Fsp3) is 0.375. The van der Waals surface area contributed by atoms with Crippen LogP contribution in [0.1, 0.15) is 25.5 Å². The van der Waals surface area contributed by atoms with E-state index < -0.39 is 0 Å². The first kappa shape index (κ1) is 15.4. The summed E-state index contributed by atoms with van der Waals surface area (Å²) in [5, 5.41) is 7.92. The van der Waals surface area contributed by atoms with E-state index in [0.29, 0.717) is 30.0 Å². The molecule has 0 unspecified atom stereocenters. The lowest BCUT2D eigenvalue weighted by molar-refractivity contribution is 0.141. The van der Waals surface area contributed by atoms with Crippen molar-refractivity contribution >= 4 is 0 Å². The number of aromatic nitrogens is 4. The van der Waals surface area contributed by atoms with Crippen LogP contribution in [0, 0.1) is 6.92 Å². The summed E-state index contributed by atoms with van der Waals surface area (Å²) in [5.74, 6) is 2.00. The van der Waals surface area contributed by atoms with Crippen molar-refractivity contribution in [2.24, 2.45) is 0 Å². The number of rotatable bonds is 5. The van der Waals surface area contributed by atoms with Crippen LogP contribution in [0.5, 0.6) is 0 Å². The number of methoxy groups -OCH3 is 1. The molecule has 120 valence electrons. The van der Waals surface area contributed by atoms with Crippen molar-refractivity contribution in [3.63, 3.8) is 0 Å². The van der Waals surface area contributed by atoms with Crippen LogP contribution in [0.4, 0.5) is 0 Å². The molecular formula is C16H18N4O3. The average molecular weight is 314 g/mol. The Morgan fingerprint density at radius 1 is 1.00 bits per heavy atom. The molecule has 0 radical (unpaired) electrons. The Kier molecular flexibility index (Phi) is 3.96. The Morgan fingerprint density at radius 3 is 2.17 bits per heavy atom. The fourth-order valence-electron chi connectivity index (χ4n) is 2.30. The zero-order valence-corrected chi connectivity index (χ0v) is 13.5. The van der Waals surface area contributed by atoms with Gasteiger partial charge in [0.15, 0.2) is 11.6 Å². The Morgan fingerprint density at radius 2 is 1.61 bits per heavy atom. The monoisotopic (exact) mass is 314 g/mol. The predicted molar refractivity (Wildman–Crippen MR) is 82.7 cm³/mol. The van der Waals surface area contributed by atoms with Crippen LogP contribution in [0.15, 0.2) is 33.3 Å². The highest BCUT2D eigenvalue weighted by Crippen LogP contribution is 2.31. The van der Waals surface area contributed by atoms with Crippen LogP contribution < -0.4 is 0 Å². The second-order valence-corrected chi connectivity index (χ2v) is 5.93. The molecule has 0 aliphatic heterocycles. The lowest BCUT2D eigenvalue weighted by Crippen LogP contribution is -2.25. The third-order valence-corrected chi connectivity index (χ3v) is 3.45. The third-order valence-electron chi connectivity index (χ3n) is 3.45. The zero-order valence-electron chi connectivity index (χ0n) is 13.5. The molecule has 0 spiro atoms. The summed E-state index contributed by atoms with van der Waals surface area (Å²) in [4.78, 5) is 8.78. The van der Waals surface area contributed by atoms with E-state index in [2.05, 4.69) is 20.3 Å². The van der Waals surface area contributed by atoms with Gasteiger partial charge in [0, 0.05) is 7.11 Å². The quantitative estimate of drug-likeness (QED) is 0.715. The topological polar surface area (TPSA) is 87.1 Å². The summed E-state index contributed by atoms with van der Waals surface area (Å²) < 4.78 is 15.9. The molecule has 0 N–H and O–H groups in total. The minimum atomic E-state index is -0.341. The molecule has 3 rings (SSSR count). The normalized spacial score (nSPS) is 11.8. The van der Waals surface area contributed by atoms with Crippen molar-refractivity contribution in [2.75, 3.05) is 13.7 Å². The van der Waals surface area contributed by atoms with Crippen LogP contribution in [0.3, 0.4) is 0 Å². The van der Waals surface area contributed by atoms with E-state index in [4.69, 9.17) is 13.8 Å². The molecule has 3 aromatic rings. The van der Waals surface area contributed by atoms with Crippen LogP contribution in [0.25, 0.3) is 22.9 Å². The van der Waals surface area contributed by atoms with Gasteiger partial charge in [-0.25, -0.2) is 0 Å². The van der Waals surface area contributed by atoms with E-state index in [1.54, 1.807) is 14.0 Å². The average Bonchev–Trinajstić information content (AvgIpc) is 3.16. The van der Waals surface area contributed by atoms with Gasteiger partial charge >= 0.3 is 0 Å². The van der Waals surface area contributed by atoms with Crippen molar-refractivity contribution in [3.8, 4) is 22.9 Å². The van der Waals surface area contributed by atoms with Gasteiger partial charge in [-0.1, -0.05) is 36.3 Å². The third kappa shape index (κ3) is 3.00. The summed E-state index contributed by atoms with van der Waals surface area (Å²) in [6.45, 7) is 6.26. The lowest BCUT2D eigenvalue weighted by Gasteiger charge is -2.18. The van der Waals surface area contributed by atoms with E-state index in [0.717, 1.165) is 11.1 Å². The summed E-state index contributed by atoms with van der Waals surface area (Å²) in [7, 11) is 1.65. The highest BCUT2D eigenvalue weighted by molar-refractivity contribution is 5.75. The first-order chi connectivity index (χ1) is 11.0. The van der Waals surface area contributed by atoms with Crippen molar-refractivity contribution in [1.82, 2.24) is 20.3 Å². The van der Waals surface area contributed by atoms with E-state index in [1.165, 1.54) is 0 Å². The Balaban J connectivity index is 2.02. The second-order valence-electron chi connectivity index (χ2n) is 5.93. The molecule has 0 aliphatic carbocycles. The summed E-state index contributed by atoms with van der Waals surface area (Å²) >= 11 is 0. The smallest absolute Gasteiger partial charge is 0.258 e. The number of hydrogen-bond acceptors (Lipinski definition) is 7. The van der Waals surface area contributed by atoms with Gasteiger partial charge in [0.1, 0.15) is 0 Å². The van der Waals surface area contributed by atoms with Gasteiger partial charge in [-0.2, -0.15) is 9.97 Å². The molecule has 7 nitrogen and oxygen atoms in total. The Hall–Kier alpha value is -2.54. The van der Waals surface area contributed by atoms with Gasteiger partial charge in [0.2, 0.25) is 0 Å². The number of ether oxygens (including phenoxy) is 1. The lowest BCUT2D eigenvalue weighted by atomic mass is 9.94. The minimum Gasteiger partial charge on any atom is -0.384 e. The predicted octanol–water partition coefficient (Wildman–Crippen LogP) is 3.02. The van der Waals surface area contributed by atoms with Gasteiger partial charge < -0.3 is 13.8 Å². The molecule has 0 aliphatic rings. The van der Waals surface area contributed by atoms with Crippen molar-refractivity contribution in [3.05, 3.63) is 35.9 Å². The van der Waals surface area contributed by atoms with Crippen LogP contribution >= 0.6 is 0 Å². The van der Waals surface area contributed by atoms with Crippen molar-refractivity contribution in [1.29, 1.82) is 0 Å². The standard InChI is InChI=1S/C16H18N4O3/c1-10-17-13(22-19-10)11-7-5-6-8-12(11)14-18-15(20-23-14)16(2,3)9-21-4/h5-8H,9H2,1-4H3. The molecule has 0 fully saturated rings. The first-order valence-electron chi connectivity index (χ1n) is 7.24. The van der Waals surface area contributed by atoms with Gasteiger partial charge in [-0.3, -0.25) is 0 Å². The summed E-state index contributed by atoms with van der Waals surface area (Å²) in [6.07, 6.45) is 0. The molecule has 2 aromatic heterocycles. The molecule has 0 atom stereocenters. The number of nitrogens with zero attached hydrogens (tertiary/aromatic N) is 4. The van der Waals surface area contributed by atoms with E-state index >= 15 is 0 Å². The molecular weight excluding hydrogens is 296 g/mol. The van der Waals surface area contributed by atoms with Gasteiger partial charge in [0.25, 0.3) is 11.8 Å². The molecule has 7 heteroatoms. The van der Waals surface area contributed by atoms with E-state index in [-0.39, 0.29) is 5.41 Å². The zero-order chi connectivity index (χ0) is 16.4. The summed E-state index contributed by atoms with van der Waals surface area (Å²) in [6, 6.07) is 7.55. The number of hydrogen-bond donors (Lipinski definition) is 0. The van der Waals surface area contributed by atoms with Gasteiger partial charge in [-0.05, 0) is 19.1 Å². The molecule has 0 saturated heterocycles. The molecule has 0 amide bonds. The summed E-state index contributed by atoms with van der Waals surface area (Å²) in [5.41, 5.74) is 1.17. The maximum Gasteiger partial charge on any atom is 0.258 e. The van der Waals surface area contributed by atoms with Crippen LogP contribution in [-0.4, -0.2) is 34.0 Å². The van der Waals surface area contributed by atoms with Crippen molar-refractivity contribution < 1.29 is 13.8 Å². The van der Waals surface area contributed by atoms with Gasteiger partial charge in [0.05, 0.1) is 23.1 Å². The van der Waals surface area contributed by atoms with Gasteiger partial charge in [-0.15, -0.1) is 0 Å². The molecule has 0 bridgehead atoms. The molecule has 0 saturated carbocycles. The second kappa shape index (κ2) is 5.92. The Bertz CT molecular complexity index is 807. The maximum absolute atomic E-state index is 5.45. The van der Waals surface area contributed by atoms with Crippen LogP contribution in [-0.2, 0) is 10.2 Å². The molecule has 23 heavy (non-hydrogen) atoms. The largest absolute Gasteiger partial charge is 0.384 e. The van der Waals surface area contributed by atoms with Crippen LogP contribution in [0.2, 0.25) is 0 Å². The maximum atomic E-state index is 5.45. The number of aryl methyl sites for hydroxylation is 1. The number of benzene rings is 1.